The number of aryl methyl sites for hydroxylation is 2. The maximum absolute atomic E-state index is 4.44. The Labute approximate surface area is 98.8 Å². The minimum atomic E-state index is 0.786. The van der Waals surface area contributed by atoms with Gasteiger partial charge in [0.25, 0.3) is 0 Å². The van der Waals surface area contributed by atoms with E-state index in [0.29, 0.717) is 0 Å². The van der Waals surface area contributed by atoms with E-state index < -0.39 is 0 Å². The van der Waals surface area contributed by atoms with Gasteiger partial charge in [0.15, 0.2) is 5.65 Å². The van der Waals surface area contributed by atoms with Crippen LogP contribution in [0.3, 0.4) is 0 Å². The van der Waals surface area contributed by atoms with E-state index in [2.05, 4.69) is 26.0 Å². The van der Waals surface area contributed by atoms with Gasteiger partial charge in [0.05, 0.1) is 5.52 Å². The van der Waals surface area contributed by atoms with Gasteiger partial charge in [0.1, 0.15) is 5.82 Å². The number of imidazole rings is 1. The van der Waals surface area contributed by atoms with E-state index in [9.17, 15) is 0 Å². The predicted octanol–water partition coefficient (Wildman–Crippen LogP) is 2.14. The van der Waals surface area contributed by atoms with Crippen LogP contribution in [0.5, 0.6) is 0 Å². The summed E-state index contributed by atoms with van der Waals surface area (Å²) in [6, 6.07) is 7.93. The molecular weight excluding hydrogens is 212 g/mol. The number of pyridine rings is 2. The summed E-state index contributed by atoms with van der Waals surface area (Å²) in [5.41, 5.74) is 3.00. The molecule has 0 saturated carbocycles. The molecular formula is C13H12N4. The highest BCUT2D eigenvalue weighted by Gasteiger charge is 2.03. The van der Waals surface area contributed by atoms with Crippen LogP contribution in [-0.2, 0) is 12.8 Å². The molecule has 1 N–H and O–H groups in total. The maximum Gasteiger partial charge on any atom is 0.177 e. The molecule has 0 atom stereocenters. The number of fused-ring (bicyclic) bond motifs is 1. The van der Waals surface area contributed by atoms with Gasteiger partial charge in [-0.15, -0.1) is 0 Å². The number of nitrogens with one attached hydrogen (secondary N) is 1. The van der Waals surface area contributed by atoms with Crippen LogP contribution in [-0.4, -0.2) is 19.9 Å². The van der Waals surface area contributed by atoms with Gasteiger partial charge in [-0.05, 0) is 30.2 Å². The number of H-pyrrole nitrogens is 1. The highest BCUT2D eigenvalue weighted by molar-refractivity contribution is 5.69. The lowest BCUT2D eigenvalue weighted by atomic mass is 10.1. The van der Waals surface area contributed by atoms with E-state index in [-0.39, 0.29) is 0 Å². The second kappa shape index (κ2) is 4.33. The Hall–Kier alpha value is -2.23. The number of aromatic nitrogens is 4. The Morgan fingerprint density at radius 2 is 2.00 bits per heavy atom. The summed E-state index contributed by atoms with van der Waals surface area (Å²) < 4.78 is 0. The Kier molecular flexibility index (Phi) is 2.54. The third-order valence-corrected chi connectivity index (χ3v) is 2.68. The lowest BCUT2D eigenvalue weighted by Crippen LogP contribution is -1.93. The summed E-state index contributed by atoms with van der Waals surface area (Å²) in [4.78, 5) is 16.0. The lowest BCUT2D eigenvalue weighted by Gasteiger charge is -1.97. The van der Waals surface area contributed by atoms with Crippen molar-refractivity contribution in [1.29, 1.82) is 0 Å². The first kappa shape index (κ1) is 9.96. The van der Waals surface area contributed by atoms with E-state index in [0.717, 1.165) is 29.8 Å². The normalized spacial score (nSPS) is 10.8. The first-order valence-electron chi connectivity index (χ1n) is 5.60. The Bertz CT molecular complexity index is 582. The standard InChI is InChI=1S/C13H12N4/c1-3-10(9-14-7-1)5-6-12-16-11-4-2-8-15-13(11)17-12/h1-4,7-9H,5-6H2,(H,15,16,17). The fourth-order valence-corrected chi connectivity index (χ4v) is 1.82. The summed E-state index contributed by atoms with van der Waals surface area (Å²) in [5.74, 6) is 0.975. The van der Waals surface area contributed by atoms with Gasteiger partial charge in [0.2, 0.25) is 0 Å². The molecule has 0 aliphatic heterocycles. The molecule has 0 aromatic carbocycles. The molecule has 3 aromatic heterocycles. The van der Waals surface area contributed by atoms with Crippen LogP contribution < -0.4 is 0 Å². The largest absolute Gasteiger partial charge is 0.341 e. The van der Waals surface area contributed by atoms with Crippen molar-refractivity contribution in [2.45, 2.75) is 12.8 Å². The van der Waals surface area contributed by atoms with Crippen LogP contribution in [0.4, 0.5) is 0 Å². The molecule has 0 aliphatic rings. The van der Waals surface area contributed by atoms with Gasteiger partial charge in [-0.25, -0.2) is 9.97 Å². The first-order valence-corrected chi connectivity index (χ1v) is 5.60. The molecule has 0 aliphatic carbocycles. The predicted molar refractivity (Wildman–Crippen MR) is 65.5 cm³/mol. The molecule has 17 heavy (non-hydrogen) atoms. The van der Waals surface area contributed by atoms with Crippen LogP contribution in [0.15, 0.2) is 42.9 Å². The zero-order chi connectivity index (χ0) is 11.5. The van der Waals surface area contributed by atoms with E-state index >= 15 is 0 Å². The number of rotatable bonds is 3. The van der Waals surface area contributed by atoms with Crippen LogP contribution >= 0.6 is 0 Å². The number of hydrogen-bond donors (Lipinski definition) is 1. The molecule has 0 unspecified atom stereocenters. The van der Waals surface area contributed by atoms with Crippen molar-refractivity contribution in [3.63, 3.8) is 0 Å². The second-order valence-electron chi connectivity index (χ2n) is 3.92. The van der Waals surface area contributed by atoms with Crippen molar-refractivity contribution < 1.29 is 0 Å². The second-order valence-corrected chi connectivity index (χ2v) is 3.92. The fourth-order valence-electron chi connectivity index (χ4n) is 1.82. The molecule has 4 nitrogen and oxygen atoms in total. The Morgan fingerprint density at radius 3 is 2.82 bits per heavy atom. The molecule has 0 radical (unpaired) electrons. The van der Waals surface area contributed by atoms with E-state index in [1.807, 2.05) is 24.4 Å². The molecule has 4 heteroatoms. The van der Waals surface area contributed by atoms with Gasteiger partial charge in [-0.2, -0.15) is 0 Å². The van der Waals surface area contributed by atoms with Crippen molar-refractivity contribution in [2.75, 3.05) is 0 Å². The third-order valence-electron chi connectivity index (χ3n) is 2.68. The zero-order valence-corrected chi connectivity index (χ0v) is 9.30. The van der Waals surface area contributed by atoms with Gasteiger partial charge in [-0.3, -0.25) is 4.98 Å². The first-order chi connectivity index (χ1) is 8.42. The minimum Gasteiger partial charge on any atom is -0.341 e. The number of aromatic amines is 1. The van der Waals surface area contributed by atoms with Crippen LogP contribution in [0.25, 0.3) is 11.2 Å². The van der Waals surface area contributed by atoms with E-state index in [1.54, 1.807) is 12.4 Å². The SMILES string of the molecule is c1cncc(CCc2nc3ncccc3[nH]2)c1. The number of hydrogen-bond acceptors (Lipinski definition) is 3. The van der Waals surface area contributed by atoms with Crippen molar-refractivity contribution >= 4 is 11.2 Å². The lowest BCUT2D eigenvalue weighted by molar-refractivity contribution is 0.883. The summed E-state index contributed by atoms with van der Waals surface area (Å²) in [7, 11) is 0. The van der Waals surface area contributed by atoms with Gasteiger partial charge in [0, 0.05) is 25.0 Å². The molecule has 0 fully saturated rings. The molecule has 0 spiro atoms. The van der Waals surface area contributed by atoms with Crippen molar-refractivity contribution in [3.8, 4) is 0 Å². The van der Waals surface area contributed by atoms with Gasteiger partial charge < -0.3 is 4.98 Å². The Morgan fingerprint density at radius 1 is 1.06 bits per heavy atom. The molecule has 0 amide bonds. The van der Waals surface area contributed by atoms with Crippen molar-refractivity contribution in [3.05, 3.63) is 54.2 Å². The van der Waals surface area contributed by atoms with Crippen LogP contribution in [0.2, 0.25) is 0 Å². The fraction of sp³-hybridized carbons (Fsp3) is 0.154. The monoisotopic (exact) mass is 224 g/mol. The maximum atomic E-state index is 4.44. The molecule has 3 heterocycles. The summed E-state index contributed by atoms with van der Waals surface area (Å²) >= 11 is 0. The molecule has 0 saturated heterocycles. The number of nitrogens with zero attached hydrogens (tertiary/aromatic N) is 3. The molecule has 0 bridgehead atoms. The average molecular weight is 224 g/mol. The van der Waals surface area contributed by atoms with Crippen LogP contribution in [0.1, 0.15) is 11.4 Å². The smallest absolute Gasteiger partial charge is 0.177 e. The molecule has 84 valence electrons. The van der Waals surface area contributed by atoms with Crippen molar-refractivity contribution in [1.82, 2.24) is 19.9 Å². The topological polar surface area (TPSA) is 54.5 Å². The minimum absolute atomic E-state index is 0.786. The van der Waals surface area contributed by atoms with E-state index in [1.165, 1.54) is 5.56 Å². The van der Waals surface area contributed by atoms with Gasteiger partial charge in [-0.1, -0.05) is 6.07 Å². The quantitative estimate of drug-likeness (QED) is 0.741. The molecule has 3 rings (SSSR count). The van der Waals surface area contributed by atoms with Crippen LogP contribution in [0, 0.1) is 0 Å². The summed E-state index contributed by atoms with van der Waals surface area (Å²) in [5, 5.41) is 0. The van der Waals surface area contributed by atoms with Crippen molar-refractivity contribution in [2.24, 2.45) is 0 Å². The highest BCUT2D eigenvalue weighted by Crippen LogP contribution is 2.09. The summed E-state index contributed by atoms with van der Waals surface area (Å²) in [6.07, 6.45) is 7.25. The molecule has 3 aromatic rings. The van der Waals surface area contributed by atoms with Gasteiger partial charge >= 0.3 is 0 Å². The summed E-state index contributed by atoms with van der Waals surface area (Å²) in [6.45, 7) is 0. The average Bonchev–Trinajstić information content (AvgIpc) is 2.80. The Balaban J connectivity index is 1.77. The van der Waals surface area contributed by atoms with E-state index in [4.69, 9.17) is 0 Å². The zero-order valence-electron chi connectivity index (χ0n) is 9.30. The highest BCUT2D eigenvalue weighted by atomic mass is 15.0. The third kappa shape index (κ3) is 2.15.